The lowest BCUT2D eigenvalue weighted by Crippen LogP contribution is -2.34. The Morgan fingerprint density at radius 1 is 1.27 bits per heavy atom. The summed E-state index contributed by atoms with van der Waals surface area (Å²) in [6.07, 6.45) is 0.147. The highest BCUT2D eigenvalue weighted by Gasteiger charge is 2.30. The number of nitrogens with one attached hydrogen (secondary N) is 2. The number of benzene rings is 2. The van der Waals surface area contributed by atoms with Crippen molar-refractivity contribution in [3.63, 3.8) is 0 Å². The van der Waals surface area contributed by atoms with Crippen LogP contribution >= 0.6 is 0 Å². The summed E-state index contributed by atoms with van der Waals surface area (Å²) in [5.41, 5.74) is 1.91. The molecule has 1 unspecified atom stereocenters. The van der Waals surface area contributed by atoms with Gasteiger partial charge in [-0.1, -0.05) is 18.2 Å². The van der Waals surface area contributed by atoms with Crippen LogP contribution in [-0.2, 0) is 16.1 Å². The smallest absolute Gasteiger partial charge is 0.228 e. The molecule has 1 heterocycles. The average molecular weight is 356 g/mol. The van der Waals surface area contributed by atoms with Gasteiger partial charge in [0.1, 0.15) is 11.6 Å². The van der Waals surface area contributed by atoms with Gasteiger partial charge in [-0.05, 0) is 49.2 Å². The van der Waals surface area contributed by atoms with Gasteiger partial charge >= 0.3 is 0 Å². The first-order valence-electron chi connectivity index (χ1n) is 8.55. The topological polar surface area (TPSA) is 67.4 Å². The van der Waals surface area contributed by atoms with Crippen LogP contribution in [0.25, 0.3) is 0 Å². The van der Waals surface area contributed by atoms with Crippen molar-refractivity contribution in [3.05, 3.63) is 59.4 Å². The maximum Gasteiger partial charge on any atom is 0.228 e. The van der Waals surface area contributed by atoms with Gasteiger partial charge < -0.3 is 15.4 Å². The van der Waals surface area contributed by atoms with E-state index >= 15 is 0 Å². The minimum absolute atomic E-state index is 0.0473. The summed E-state index contributed by atoms with van der Waals surface area (Å²) in [7, 11) is 0. The van der Waals surface area contributed by atoms with Gasteiger partial charge in [0.15, 0.2) is 0 Å². The van der Waals surface area contributed by atoms with E-state index in [0.717, 1.165) is 11.3 Å². The fourth-order valence-electron chi connectivity index (χ4n) is 2.94. The van der Waals surface area contributed by atoms with Crippen LogP contribution in [-0.4, -0.2) is 17.9 Å². The Hall–Kier alpha value is -2.89. The molecule has 136 valence electrons. The van der Waals surface area contributed by atoms with Gasteiger partial charge in [0.25, 0.3) is 0 Å². The second-order valence-electron chi connectivity index (χ2n) is 6.56. The van der Waals surface area contributed by atoms with Crippen molar-refractivity contribution in [1.82, 2.24) is 5.32 Å². The number of hydrogen-bond donors (Lipinski definition) is 2. The maximum atomic E-state index is 13.4. The van der Waals surface area contributed by atoms with Crippen LogP contribution < -0.4 is 15.4 Å². The fraction of sp³-hybridized carbons (Fsp3) is 0.300. The molecule has 2 aromatic rings. The molecule has 1 atom stereocenters. The van der Waals surface area contributed by atoms with Gasteiger partial charge in [-0.15, -0.1) is 0 Å². The lowest BCUT2D eigenvalue weighted by molar-refractivity contribution is -0.126. The zero-order chi connectivity index (χ0) is 18.7. The van der Waals surface area contributed by atoms with Crippen LogP contribution in [0.4, 0.5) is 10.1 Å². The van der Waals surface area contributed by atoms with E-state index in [9.17, 15) is 14.0 Å². The zero-order valence-corrected chi connectivity index (χ0v) is 14.7. The first kappa shape index (κ1) is 17.9. The van der Waals surface area contributed by atoms with Crippen LogP contribution in [0.5, 0.6) is 5.75 Å². The summed E-state index contributed by atoms with van der Waals surface area (Å²) in [5, 5.41) is 5.46. The number of halogens is 1. The van der Waals surface area contributed by atoms with Gasteiger partial charge in [0.05, 0.1) is 12.0 Å². The van der Waals surface area contributed by atoms with Gasteiger partial charge in [0.2, 0.25) is 11.8 Å². The van der Waals surface area contributed by atoms with Crippen molar-refractivity contribution >= 4 is 17.5 Å². The van der Waals surface area contributed by atoms with E-state index in [-0.39, 0.29) is 24.3 Å². The number of hydrogen-bond acceptors (Lipinski definition) is 3. The molecule has 3 rings (SSSR count). The molecule has 0 aromatic heterocycles. The van der Waals surface area contributed by atoms with Crippen molar-refractivity contribution in [2.75, 3.05) is 5.32 Å². The first-order chi connectivity index (χ1) is 12.4. The number of ether oxygens (including phenoxy) is 1. The normalized spacial score (nSPS) is 16.0. The number of carbonyl (C=O) groups excluding carboxylic acids is 2. The van der Waals surface area contributed by atoms with E-state index in [0.29, 0.717) is 17.8 Å². The maximum absolute atomic E-state index is 13.4. The van der Waals surface area contributed by atoms with Crippen molar-refractivity contribution in [2.24, 2.45) is 0 Å². The summed E-state index contributed by atoms with van der Waals surface area (Å²) in [6.45, 7) is 4.26. The standard InChI is InChI=1S/C20H21FN2O3/c1-12(2)26-15-6-3-13(4-7-15)11-22-20(25)17-10-19(24)23-18-9-14(21)5-8-16(17)18/h3-9,12,17H,10-11H2,1-2H3,(H,22,25)(H,23,24). The molecule has 2 N–H and O–H groups in total. The van der Waals surface area contributed by atoms with Crippen LogP contribution in [0.3, 0.4) is 0 Å². The number of anilines is 1. The molecule has 0 saturated carbocycles. The van der Waals surface area contributed by atoms with E-state index < -0.39 is 11.7 Å². The molecule has 2 aromatic carbocycles. The Balaban J connectivity index is 1.66. The molecule has 26 heavy (non-hydrogen) atoms. The predicted molar refractivity (Wildman–Crippen MR) is 96.4 cm³/mol. The Labute approximate surface area is 151 Å². The Morgan fingerprint density at radius 3 is 2.69 bits per heavy atom. The number of amides is 2. The second-order valence-corrected chi connectivity index (χ2v) is 6.56. The molecule has 0 radical (unpaired) electrons. The summed E-state index contributed by atoms with van der Waals surface area (Å²) in [6, 6.07) is 11.6. The third kappa shape index (κ3) is 4.20. The Bertz CT molecular complexity index is 818. The van der Waals surface area contributed by atoms with Crippen molar-refractivity contribution in [2.45, 2.75) is 38.8 Å². The average Bonchev–Trinajstić information content (AvgIpc) is 2.59. The Kier molecular flexibility index (Phi) is 5.21. The minimum Gasteiger partial charge on any atom is -0.491 e. The Morgan fingerprint density at radius 2 is 2.00 bits per heavy atom. The predicted octanol–water partition coefficient (Wildman–Crippen LogP) is 3.36. The van der Waals surface area contributed by atoms with E-state index in [1.807, 2.05) is 38.1 Å². The molecule has 0 spiro atoms. The van der Waals surface area contributed by atoms with E-state index in [1.54, 1.807) is 6.07 Å². The molecule has 0 aliphatic carbocycles. The molecule has 6 heteroatoms. The monoisotopic (exact) mass is 356 g/mol. The van der Waals surface area contributed by atoms with E-state index in [4.69, 9.17) is 4.74 Å². The summed E-state index contributed by atoms with van der Waals surface area (Å²) >= 11 is 0. The zero-order valence-electron chi connectivity index (χ0n) is 14.7. The molecule has 1 aliphatic heterocycles. The second kappa shape index (κ2) is 7.56. The van der Waals surface area contributed by atoms with Crippen LogP contribution in [0.2, 0.25) is 0 Å². The van der Waals surface area contributed by atoms with Gasteiger partial charge in [-0.3, -0.25) is 9.59 Å². The van der Waals surface area contributed by atoms with Crippen molar-refractivity contribution < 1.29 is 18.7 Å². The summed E-state index contributed by atoms with van der Waals surface area (Å²) in [4.78, 5) is 24.4. The SMILES string of the molecule is CC(C)Oc1ccc(CNC(=O)C2CC(=O)Nc3cc(F)ccc32)cc1. The molecular formula is C20H21FN2O3. The molecular weight excluding hydrogens is 335 g/mol. The largest absolute Gasteiger partial charge is 0.491 e. The van der Waals surface area contributed by atoms with E-state index in [1.165, 1.54) is 12.1 Å². The molecule has 0 fully saturated rings. The number of rotatable bonds is 5. The molecule has 0 saturated heterocycles. The van der Waals surface area contributed by atoms with Gasteiger partial charge in [0, 0.05) is 18.7 Å². The first-order valence-corrected chi connectivity index (χ1v) is 8.55. The third-order valence-corrected chi connectivity index (χ3v) is 4.13. The van der Waals surface area contributed by atoms with Gasteiger partial charge in [-0.25, -0.2) is 4.39 Å². The van der Waals surface area contributed by atoms with Crippen molar-refractivity contribution in [3.8, 4) is 5.75 Å². The summed E-state index contributed by atoms with van der Waals surface area (Å²) < 4.78 is 19.0. The number of carbonyl (C=O) groups is 2. The van der Waals surface area contributed by atoms with Crippen LogP contribution in [0.1, 0.15) is 37.3 Å². The number of fused-ring (bicyclic) bond motifs is 1. The molecule has 5 nitrogen and oxygen atoms in total. The van der Waals surface area contributed by atoms with Crippen molar-refractivity contribution in [1.29, 1.82) is 0 Å². The van der Waals surface area contributed by atoms with Gasteiger partial charge in [-0.2, -0.15) is 0 Å². The van der Waals surface area contributed by atoms with Crippen LogP contribution in [0, 0.1) is 5.82 Å². The lowest BCUT2D eigenvalue weighted by Gasteiger charge is -2.25. The lowest BCUT2D eigenvalue weighted by atomic mass is 9.89. The quantitative estimate of drug-likeness (QED) is 0.863. The fourth-order valence-corrected chi connectivity index (χ4v) is 2.94. The highest BCUT2D eigenvalue weighted by molar-refractivity contribution is 6.01. The summed E-state index contributed by atoms with van der Waals surface area (Å²) in [5.74, 6) is -0.847. The molecule has 0 bridgehead atoms. The molecule has 2 amide bonds. The highest BCUT2D eigenvalue weighted by Crippen LogP contribution is 2.32. The molecule has 1 aliphatic rings. The highest BCUT2D eigenvalue weighted by atomic mass is 19.1. The van der Waals surface area contributed by atoms with E-state index in [2.05, 4.69) is 10.6 Å². The van der Waals surface area contributed by atoms with Crippen LogP contribution in [0.15, 0.2) is 42.5 Å². The third-order valence-electron chi connectivity index (χ3n) is 4.13. The minimum atomic E-state index is -0.622.